The Bertz CT molecular complexity index is 736. The highest BCUT2D eigenvalue weighted by molar-refractivity contribution is 5.78. The fourth-order valence-corrected chi connectivity index (χ4v) is 3.60. The Kier molecular flexibility index (Phi) is 6.32. The largest absolute Gasteiger partial charge is 0.484 e. The van der Waals surface area contributed by atoms with Crippen molar-refractivity contribution in [1.82, 2.24) is 5.32 Å². The summed E-state index contributed by atoms with van der Waals surface area (Å²) in [5, 5.41) is 3.12. The average molecular weight is 351 g/mol. The molecule has 0 spiro atoms. The van der Waals surface area contributed by atoms with E-state index >= 15 is 0 Å². The first-order chi connectivity index (χ1) is 12.7. The summed E-state index contributed by atoms with van der Waals surface area (Å²) < 4.78 is 5.63. The number of aryl methyl sites for hydroxylation is 3. The zero-order valence-corrected chi connectivity index (χ0v) is 15.9. The molecule has 1 aliphatic rings. The topological polar surface area (TPSA) is 38.3 Å². The quantitative estimate of drug-likeness (QED) is 0.780. The standard InChI is InChI=1S/C23H29NO2/c1-3-17-9-13-21(14-10-17)26-16-23(25)24-22(4-2)20-12-11-18-7-5-6-8-19(18)15-20/h9-15,22H,3-8,16H2,1-2H3,(H,24,25)/t22-/m0/s1. The lowest BCUT2D eigenvalue weighted by atomic mass is 9.89. The molecule has 138 valence electrons. The van der Waals surface area contributed by atoms with Crippen molar-refractivity contribution in [3.8, 4) is 5.75 Å². The maximum atomic E-state index is 12.3. The summed E-state index contributed by atoms with van der Waals surface area (Å²) in [7, 11) is 0. The molecule has 1 aliphatic carbocycles. The molecule has 2 aromatic carbocycles. The van der Waals surface area contributed by atoms with Gasteiger partial charge in [-0.1, -0.05) is 44.2 Å². The molecular formula is C23H29NO2. The molecule has 1 atom stereocenters. The minimum absolute atomic E-state index is 0.0424. The van der Waals surface area contributed by atoms with E-state index < -0.39 is 0 Å². The van der Waals surface area contributed by atoms with Gasteiger partial charge < -0.3 is 10.1 Å². The number of rotatable bonds is 7. The smallest absolute Gasteiger partial charge is 0.258 e. The van der Waals surface area contributed by atoms with E-state index in [0.29, 0.717) is 0 Å². The molecule has 1 N–H and O–H groups in total. The van der Waals surface area contributed by atoms with E-state index in [4.69, 9.17) is 4.74 Å². The molecule has 0 saturated carbocycles. The normalized spacial score (nSPS) is 14.4. The van der Waals surface area contributed by atoms with Crippen LogP contribution in [-0.2, 0) is 24.1 Å². The Morgan fingerprint density at radius 2 is 1.77 bits per heavy atom. The highest BCUT2D eigenvalue weighted by Crippen LogP contribution is 2.26. The van der Waals surface area contributed by atoms with Gasteiger partial charge in [0.2, 0.25) is 0 Å². The predicted octanol–water partition coefficient (Wildman–Crippen LogP) is 4.77. The van der Waals surface area contributed by atoms with Gasteiger partial charge in [0.25, 0.3) is 5.91 Å². The molecular weight excluding hydrogens is 322 g/mol. The van der Waals surface area contributed by atoms with E-state index in [2.05, 4.69) is 37.4 Å². The maximum absolute atomic E-state index is 12.3. The molecule has 1 amide bonds. The number of ether oxygens (including phenoxy) is 1. The van der Waals surface area contributed by atoms with Crippen molar-refractivity contribution in [2.75, 3.05) is 6.61 Å². The number of nitrogens with one attached hydrogen (secondary N) is 1. The number of amides is 1. The molecule has 0 radical (unpaired) electrons. The van der Waals surface area contributed by atoms with E-state index in [1.165, 1.54) is 41.5 Å². The third-order valence-electron chi connectivity index (χ3n) is 5.22. The van der Waals surface area contributed by atoms with Gasteiger partial charge in [0, 0.05) is 0 Å². The molecule has 0 saturated heterocycles. The van der Waals surface area contributed by atoms with Crippen LogP contribution in [0.3, 0.4) is 0 Å². The van der Waals surface area contributed by atoms with Gasteiger partial charge in [0.15, 0.2) is 6.61 Å². The fourth-order valence-electron chi connectivity index (χ4n) is 3.60. The van der Waals surface area contributed by atoms with Gasteiger partial charge in [0.1, 0.15) is 5.75 Å². The highest BCUT2D eigenvalue weighted by Gasteiger charge is 2.16. The van der Waals surface area contributed by atoms with Gasteiger partial charge in [-0.3, -0.25) is 4.79 Å². The predicted molar refractivity (Wildman–Crippen MR) is 106 cm³/mol. The molecule has 0 aromatic heterocycles. The van der Waals surface area contributed by atoms with E-state index in [1.807, 2.05) is 24.3 Å². The third kappa shape index (κ3) is 4.66. The molecule has 26 heavy (non-hydrogen) atoms. The van der Waals surface area contributed by atoms with Crippen molar-refractivity contribution >= 4 is 5.91 Å². The lowest BCUT2D eigenvalue weighted by Crippen LogP contribution is -2.32. The van der Waals surface area contributed by atoms with Crippen LogP contribution in [0.1, 0.15) is 61.4 Å². The summed E-state index contributed by atoms with van der Waals surface area (Å²) in [5.74, 6) is 0.660. The minimum Gasteiger partial charge on any atom is -0.484 e. The molecule has 0 heterocycles. The lowest BCUT2D eigenvalue weighted by molar-refractivity contribution is -0.123. The van der Waals surface area contributed by atoms with Crippen LogP contribution < -0.4 is 10.1 Å². The van der Waals surface area contributed by atoms with Gasteiger partial charge in [-0.25, -0.2) is 0 Å². The van der Waals surface area contributed by atoms with Crippen LogP contribution in [0.25, 0.3) is 0 Å². The first kappa shape index (κ1) is 18.5. The van der Waals surface area contributed by atoms with Crippen molar-refractivity contribution in [3.05, 3.63) is 64.7 Å². The van der Waals surface area contributed by atoms with Crippen molar-refractivity contribution in [2.45, 2.75) is 58.4 Å². The Morgan fingerprint density at radius 1 is 1.04 bits per heavy atom. The second kappa shape index (κ2) is 8.88. The lowest BCUT2D eigenvalue weighted by Gasteiger charge is -2.21. The van der Waals surface area contributed by atoms with Crippen molar-refractivity contribution in [1.29, 1.82) is 0 Å². The third-order valence-corrected chi connectivity index (χ3v) is 5.22. The SMILES string of the molecule is CCc1ccc(OCC(=O)N[C@@H](CC)c2ccc3c(c2)CCCC3)cc1. The Hall–Kier alpha value is -2.29. The maximum Gasteiger partial charge on any atom is 0.258 e. The molecule has 0 unspecified atom stereocenters. The summed E-state index contributed by atoms with van der Waals surface area (Å²) in [6.45, 7) is 4.27. The second-order valence-corrected chi connectivity index (χ2v) is 7.05. The first-order valence-corrected chi connectivity index (χ1v) is 9.82. The second-order valence-electron chi connectivity index (χ2n) is 7.05. The molecule has 3 heteroatoms. The monoisotopic (exact) mass is 351 g/mol. The molecule has 3 nitrogen and oxygen atoms in total. The number of hydrogen-bond donors (Lipinski definition) is 1. The molecule has 0 fully saturated rings. The van der Waals surface area contributed by atoms with Gasteiger partial charge in [-0.15, -0.1) is 0 Å². The summed E-state index contributed by atoms with van der Waals surface area (Å²) in [6.07, 6.45) is 6.77. The number of fused-ring (bicyclic) bond motifs is 1. The molecule has 0 bridgehead atoms. The molecule has 2 aromatic rings. The fraction of sp³-hybridized carbons (Fsp3) is 0.435. The number of carbonyl (C=O) groups is 1. The molecule has 0 aliphatic heterocycles. The van der Waals surface area contributed by atoms with Crippen LogP contribution in [0.5, 0.6) is 5.75 Å². The first-order valence-electron chi connectivity index (χ1n) is 9.82. The van der Waals surface area contributed by atoms with E-state index in [9.17, 15) is 4.79 Å². The zero-order valence-electron chi connectivity index (χ0n) is 15.9. The van der Waals surface area contributed by atoms with Gasteiger partial charge in [0.05, 0.1) is 6.04 Å². The van der Waals surface area contributed by atoms with Gasteiger partial charge in [-0.05, 0) is 72.9 Å². The highest BCUT2D eigenvalue weighted by atomic mass is 16.5. The summed E-state index contributed by atoms with van der Waals surface area (Å²) >= 11 is 0. The van der Waals surface area contributed by atoms with Crippen LogP contribution >= 0.6 is 0 Å². The van der Waals surface area contributed by atoms with Crippen LogP contribution in [0.4, 0.5) is 0 Å². The molecule has 3 rings (SSSR count). The average Bonchev–Trinajstić information content (AvgIpc) is 2.70. The zero-order chi connectivity index (χ0) is 18.4. The number of benzene rings is 2. The summed E-state index contributed by atoms with van der Waals surface area (Å²) in [5.41, 5.74) is 5.39. The van der Waals surface area contributed by atoms with Gasteiger partial charge in [-0.2, -0.15) is 0 Å². The van der Waals surface area contributed by atoms with Crippen molar-refractivity contribution < 1.29 is 9.53 Å². The van der Waals surface area contributed by atoms with Crippen LogP contribution in [-0.4, -0.2) is 12.5 Å². The Balaban J connectivity index is 1.57. The Labute approximate surface area is 156 Å². The van der Waals surface area contributed by atoms with E-state index in [-0.39, 0.29) is 18.6 Å². The van der Waals surface area contributed by atoms with Crippen LogP contribution in [0.15, 0.2) is 42.5 Å². The summed E-state index contributed by atoms with van der Waals surface area (Å²) in [4.78, 5) is 12.3. The number of hydrogen-bond acceptors (Lipinski definition) is 2. The van der Waals surface area contributed by atoms with Crippen molar-refractivity contribution in [3.63, 3.8) is 0 Å². The summed E-state index contributed by atoms with van der Waals surface area (Å²) in [6, 6.07) is 14.7. The number of carbonyl (C=O) groups excluding carboxylic acids is 1. The van der Waals surface area contributed by atoms with Crippen molar-refractivity contribution in [2.24, 2.45) is 0 Å². The minimum atomic E-state index is -0.0749. The van der Waals surface area contributed by atoms with Gasteiger partial charge >= 0.3 is 0 Å². The Morgan fingerprint density at radius 3 is 2.46 bits per heavy atom. The van der Waals surface area contributed by atoms with Crippen LogP contribution in [0, 0.1) is 0 Å². The van der Waals surface area contributed by atoms with E-state index in [1.54, 1.807) is 0 Å². The van der Waals surface area contributed by atoms with E-state index in [0.717, 1.165) is 25.0 Å². The van der Waals surface area contributed by atoms with Crippen LogP contribution in [0.2, 0.25) is 0 Å².